The van der Waals surface area contributed by atoms with E-state index < -0.39 is 5.25 Å². The van der Waals surface area contributed by atoms with Gasteiger partial charge in [-0.1, -0.05) is 53.7 Å². The van der Waals surface area contributed by atoms with Crippen molar-refractivity contribution in [3.63, 3.8) is 0 Å². The van der Waals surface area contributed by atoms with Crippen molar-refractivity contribution in [3.8, 4) is 5.88 Å². The van der Waals surface area contributed by atoms with Gasteiger partial charge in [-0.3, -0.25) is 4.79 Å². The largest absolute Gasteiger partial charge is 0.479 e. The number of amides is 1. The van der Waals surface area contributed by atoms with Crippen molar-refractivity contribution in [3.05, 3.63) is 59.1 Å². The summed E-state index contributed by atoms with van der Waals surface area (Å²) in [5.74, 6) is 0.469. The van der Waals surface area contributed by atoms with Crippen LogP contribution in [0.4, 0.5) is 0 Å². The monoisotopic (exact) mass is 428 g/mol. The number of nitrogens with zero attached hydrogens (tertiary/aromatic N) is 3. The minimum absolute atomic E-state index is 0.0674. The number of halogens is 1. The fourth-order valence-corrected chi connectivity index (χ4v) is 4.57. The second kappa shape index (κ2) is 8.98. The summed E-state index contributed by atoms with van der Waals surface area (Å²) in [7, 11) is 1.56. The van der Waals surface area contributed by atoms with Crippen LogP contribution in [0.3, 0.4) is 0 Å². The van der Waals surface area contributed by atoms with E-state index in [4.69, 9.17) is 21.3 Å². The number of benzene rings is 2. The van der Waals surface area contributed by atoms with Crippen LogP contribution in [-0.4, -0.2) is 54.1 Å². The maximum absolute atomic E-state index is 13.4. The van der Waals surface area contributed by atoms with Gasteiger partial charge in [-0.05, 0) is 23.8 Å². The van der Waals surface area contributed by atoms with Crippen LogP contribution in [0.2, 0.25) is 5.02 Å². The standard InChI is InChI=1S/C21H21ClN4O2S/c1-28-19-20(25-17-13-15(22)7-8-16(17)24-19)29-18(14-5-3-2-4-6-14)21(27)26-11-9-23-10-12-26/h2-8,13,18,23H,9-12H2,1H3. The Morgan fingerprint density at radius 2 is 1.90 bits per heavy atom. The number of piperazine rings is 1. The molecule has 0 spiro atoms. The number of rotatable bonds is 5. The van der Waals surface area contributed by atoms with Crippen molar-refractivity contribution in [1.29, 1.82) is 0 Å². The Hall–Kier alpha value is -2.35. The topological polar surface area (TPSA) is 67.4 Å². The zero-order valence-electron chi connectivity index (χ0n) is 16.0. The van der Waals surface area contributed by atoms with E-state index in [1.54, 1.807) is 19.2 Å². The molecule has 0 bridgehead atoms. The van der Waals surface area contributed by atoms with Gasteiger partial charge in [0.15, 0.2) is 5.03 Å². The summed E-state index contributed by atoms with van der Waals surface area (Å²) in [5.41, 5.74) is 2.29. The lowest BCUT2D eigenvalue weighted by atomic mass is 10.1. The first-order chi connectivity index (χ1) is 14.2. The lowest BCUT2D eigenvalue weighted by molar-refractivity contribution is -0.131. The third-order valence-electron chi connectivity index (χ3n) is 4.74. The highest BCUT2D eigenvalue weighted by molar-refractivity contribution is 8.00. The Balaban J connectivity index is 1.72. The highest BCUT2D eigenvalue weighted by Gasteiger charge is 2.29. The van der Waals surface area contributed by atoms with Crippen molar-refractivity contribution in [1.82, 2.24) is 20.2 Å². The second-order valence-corrected chi connectivity index (χ2v) is 8.19. The lowest BCUT2D eigenvalue weighted by Gasteiger charge is -2.30. The molecule has 150 valence electrons. The van der Waals surface area contributed by atoms with Crippen LogP contribution in [0, 0.1) is 0 Å². The maximum Gasteiger partial charge on any atom is 0.247 e. The number of aromatic nitrogens is 2. The van der Waals surface area contributed by atoms with E-state index in [2.05, 4.69) is 10.3 Å². The number of hydrogen-bond donors (Lipinski definition) is 1. The summed E-state index contributed by atoms with van der Waals surface area (Å²) in [5, 5.41) is 4.01. The molecular weight excluding hydrogens is 408 g/mol. The van der Waals surface area contributed by atoms with Crippen molar-refractivity contribution in [2.24, 2.45) is 0 Å². The maximum atomic E-state index is 13.4. The lowest BCUT2D eigenvalue weighted by Crippen LogP contribution is -2.47. The fraction of sp³-hybridized carbons (Fsp3) is 0.286. The van der Waals surface area contributed by atoms with E-state index in [9.17, 15) is 4.79 Å². The van der Waals surface area contributed by atoms with Gasteiger partial charge >= 0.3 is 0 Å². The van der Waals surface area contributed by atoms with E-state index >= 15 is 0 Å². The number of thioether (sulfide) groups is 1. The first kappa shape index (κ1) is 19.9. The summed E-state index contributed by atoms with van der Waals surface area (Å²) in [6.07, 6.45) is 0. The molecule has 1 aliphatic rings. The number of hydrogen-bond acceptors (Lipinski definition) is 6. The van der Waals surface area contributed by atoms with Gasteiger partial charge in [0.2, 0.25) is 11.8 Å². The highest BCUT2D eigenvalue weighted by Crippen LogP contribution is 2.40. The molecule has 1 aromatic heterocycles. The summed E-state index contributed by atoms with van der Waals surface area (Å²) in [6, 6.07) is 15.1. The summed E-state index contributed by atoms with van der Waals surface area (Å²) < 4.78 is 5.48. The molecule has 6 nitrogen and oxygen atoms in total. The van der Waals surface area contributed by atoms with Crippen LogP contribution in [0.15, 0.2) is 53.6 Å². The molecule has 4 rings (SSSR count). The molecule has 1 unspecified atom stereocenters. The normalized spacial score (nSPS) is 15.3. The van der Waals surface area contributed by atoms with E-state index in [0.717, 1.165) is 18.7 Å². The molecule has 1 atom stereocenters. The molecule has 1 amide bonds. The van der Waals surface area contributed by atoms with Gasteiger partial charge in [0.05, 0.1) is 18.1 Å². The van der Waals surface area contributed by atoms with Crippen molar-refractivity contribution >= 4 is 40.3 Å². The Kier molecular flexibility index (Phi) is 6.18. The number of carbonyl (C=O) groups excluding carboxylic acids is 1. The minimum atomic E-state index is -0.436. The van der Waals surface area contributed by atoms with Gasteiger partial charge in [-0.2, -0.15) is 0 Å². The molecule has 2 heterocycles. The van der Waals surface area contributed by atoms with E-state index in [1.165, 1.54) is 11.8 Å². The Morgan fingerprint density at radius 1 is 1.14 bits per heavy atom. The molecule has 3 aromatic rings. The number of ether oxygens (including phenoxy) is 1. The SMILES string of the molecule is COc1nc2ccc(Cl)cc2nc1SC(C(=O)N1CCNCC1)c1ccccc1. The Bertz CT molecular complexity index is 1010. The van der Waals surface area contributed by atoms with Gasteiger partial charge in [-0.25, -0.2) is 9.97 Å². The van der Waals surface area contributed by atoms with Crippen molar-refractivity contribution in [2.75, 3.05) is 33.3 Å². The molecule has 1 fully saturated rings. The molecule has 1 N–H and O–H groups in total. The molecule has 0 saturated carbocycles. The molecule has 29 heavy (non-hydrogen) atoms. The zero-order valence-corrected chi connectivity index (χ0v) is 17.5. The summed E-state index contributed by atoms with van der Waals surface area (Å²) >= 11 is 7.49. The predicted molar refractivity (Wildman–Crippen MR) is 116 cm³/mol. The highest BCUT2D eigenvalue weighted by atomic mass is 35.5. The van der Waals surface area contributed by atoms with E-state index in [0.29, 0.717) is 40.1 Å². The molecule has 1 saturated heterocycles. The van der Waals surface area contributed by atoms with Crippen LogP contribution in [0.1, 0.15) is 10.8 Å². The predicted octanol–water partition coefficient (Wildman–Crippen LogP) is 3.56. The second-order valence-electron chi connectivity index (χ2n) is 6.65. The third kappa shape index (κ3) is 4.47. The van der Waals surface area contributed by atoms with Crippen LogP contribution in [0.5, 0.6) is 5.88 Å². The van der Waals surface area contributed by atoms with Crippen molar-refractivity contribution < 1.29 is 9.53 Å². The number of carbonyl (C=O) groups is 1. The molecule has 8 heteroatoms. The molecule has 1 aliphatic heterocycles. The average Bonchev–Trinajstić information content (AvgIpc) is 2.77. The van der Waals surface area contributed by atoms with E-state index in [1.807, 2.05) is 41.3 Å². The molecule has 0 radical (unpaired) electrons. The average molecular weight is 429 g/mol. The first-order valence-corrected chi connectivity index (χ1v) is 10.6. The van der Waals surface area contributed by atoms with Gasteiger partial charge in [-0.15, -0.1) is 0 Å². The quantitative estimate of drug-likeness (QED) is 0.627. The Morgan fingerprint density at radius 3 is 2.62 bits per heavy atom. The number of methoxy groups -OCH3 is 1. The number of fused-ring (bicyclic) bond motifs is 1. The van der Waals surface area contributed by atoms with Gasteiger partial charge in [0, 0.05) is 31.2 Å². The minimum Gasteiger partial charge on any atom is -0.479 e. The smallest absolute Gasteiger partial charge is 0.247 e. The fourth-order valence-electron chi connectivity index (χ4n) is 3.26. The van der Waals surface area contributed by atoms with Gasteiger partial charge < -0.3 is 15.0 Å². The van der Waals surface area contributed by atoms with Crippen LogP contribution in [0.25, 0.3) is 11.0 Å². The Labute approximate surface area is 178 Å². The third-order valence-corrected chi connectivity index (χ3v) is 6.18. The van der Waals surface area contributed by atoms with Gasteiger partial charge in [0.25, 0.3) is 0 Å². The number of nitrogens with one attached hydrogen (secondary N) is 1. The molecule has 2 aromatic carbocycles. The van der Waals surface area contributed by atoms with Crippen molar-refractivity contribution in [2.45, 2.75) is 10.3 Å². The first-order valence-electron chi connectivity index (χ1n) is 9.38. The summed E-state index contributed by atoms with van der Waals surface area (Å²) in [4.78, 5) is 24.6. The molecule has 0 aliphatic carbocycles. The van der Waals surface area contributed by atoms with Crippen LogP contribution >= 0.6 is 23.4 Å². The zero-order chi connectivity index (χ0) is 20.2. The summed E-state index contributed by atoms with van der Waals surface area (Å²) in [6.45, 7) is 2.99. The van der Waals surface area contributed by atoms with Crippen LogP contribution in [-0.2, 0) is 4.79 Å². The molecular formula is C21H21ClN4O2S. The van der Waals surface area contributed by atoms with E-state index in [-0.39, 0.29) is 5.91 Å². The van der Waals surface area contributed by atoms with Gasteiger partial charge in [0.1, 0.15) is 5.25 Å². The van der Waals surface area contributed by atoms with Crippen LogP contribution < -0.4 is 10.1 Å².